The van der Waals surface area contributed by atoms with Crippen molar-refractivity contribution in [3.8, 4) is 0 Å². The lowest BCUT2D eigenvalue weighted by molar-refractivity contribution is -0.345. The van der Waals surface area contributed by atoms with E-state index in [0.717, 1.165) is 5.56 Å². The van der Waals surface area contributed by atoms with E-state index in [4.69, 9.17) is 63.2 Å². The van der Waals surface area contributed by atoms with Gasteiger partial charge in [-0.25, -0.2) is 14.4 Å². The van der Waals surface area contributed by atoms with Crippen molar-refractivity contribution in [1.29, 1.82) is 0 Å². The maximum atomic E-state index is 15.5. The number of carbonyl (C=O) groups excluding carboxylic acids is 5. The molecule has 6 rings (SSSR count). The van der Waals surface area contributed by atoms with Gasteiger partial charge in [0.1, 0.15) is 42.4 Å². The van der Waals surface area contributed by atoms with Crippen LogP contribution in [0.15, 0.2) is 77.9 Å². The average Bonchev–Trinajstić information content (AvgIpc) is 3.14. The van der Waals surface area contributed by atoms with Gasteiger partial charge in [-0.1, -0.05) is 104 Å². The number of esters is 3. The van der Waals surface area contributed by atoms with E-state index in [1.165, 1.54) is 32.1 Å². The molecule has 0 amide bonds. The minimum absolute atomic E-state index is 0.126. The molecule has 4 unspecified atom stereocenters. The summed E-state index contributed by atoms with van der Waals surface area (Å²) in [5.41, 5.74) is -5.23. The van der Waals surface area contributed by atoms with Crippen molar-refractivity contribution in [3.05, 3.63) is 89.0 Å². The van der Waals surface area contributed by atoms with Crippen LogP contribution in [0.3, 0.4) is 0 Å². The van der Waals surface area contributed by atoms with Crippen molar-refractivity contribution >= 4 is 70.7 Å². The molecule has 2 aromatic carbocycles. The summed E-state index contributed by atoms with van der Waals surface area (Å²) in [6, 6.07) is 17.1. The maximum Gasteiger partial charge on any atom is 0.508 e. The Morgan fingerprint density at radius 1 is 0.965 bits per heavy atom. The number of rotatable bonds is 8. The lowest BCUT2D eigenvalue weighted by atomic mass is 9.43. The van der Waals surface area contributed by atoms with Crippen LogP contribution in [-0.2, 0) is 42.8 Å². The van der Waals surface area contributed by atoms with Gasteiger partial charge in [-0.15, -0.1) is 0 Å². The molecule has 1 heterocycles. The summed E-state index contributed by atoms with van der Waals surface area (Å²) in [6.45, 7) is 8.64. The molecule has 3 fully saturated rings. The molecule has 15 heteroatoms. The van der Waals surface area contributed by atoms with Crippen LogP contribution in [0.4, 0.5) is 4.79 Å². The fraction of sp³-hybridized carbons (Fsp3) is 0.500. The number of ketones is 1. The van der Waals surface area contributed by atoms with E-state index in [-0.39, 0.29) is 25.0 Å². The van der Waals surface area contributed by atoms with Crippen molar-refractivity contribution in [2.45, 2.75) is 93.8 Å². The number of fused-ring (bicyclic) bond motifs is 5. The van der Waals surface area contributed by atoms with Gasteiger partial charge in [-0.3, -0.25) is 9.59 Å². The molecule has 4 aliphatic rings. The smallest absolute Gasteiger partial charge is 0.455 e. The summed E-state index contributed by atoms with van der Waals surface area (Å²) in [6.07, 6.45) is -4.04. The number of aliphatic hydroxyl groups is 1. The van der Waals surface area contributed by atoms with Gasteiger partial charge in [-0.05, 0) is 48.8 Å². The van der Waals surface area contributed by atoms with E-state index in [9.17, 15) is 24.3 Å². The first-order chi connectivity index (χ1) is 26.7. The van der Waals surface area contributed by atoms with Crippen molar-refractivity contribution < 1.29 is 57.5 Å². The van der Waals surface area contributed by atoms with Gasteiger partial charge < -0.3 is 33.5 Å². The number of carbonyl (C=O) groups is 5. The Hall–Kier alpha value is -3.94. The summed E-state index contributed by atoms with van der Waals surface area (Å²) in [7, 11) is 0. The number of alkyl halides is 3. The van der Waals surface area contributed by atoms with Crippen LogP contribution >= 0.6 is 34.8 Å². The standard InChI is InChI=1S/C42H45Cl3O12/c1-23-28(54-31(47)18-17-26-13-9-7-10-14-26)20-41(51)35(56-36(49)27-15-11-8-12-16-27)33-39(6,34(48)24(2)32(23)38(41,4)5)29(55-37(50)53-22-42(43,44)45)19-30-40(33,21-52-30)57-25(3)46/h7-18,24,28-30,33,35,51H,19-22H2,1-6H3/b18-17-/t24?,28?,29-,30?,33-,35-,39+,40?,41+/m0/s1. The van der Waals surface area contributed by atoms with E-state index in [1.54, 1.807) is 52.0 Å². The topological polar surface area (TPSA) is 161 Å². The van der Waals surface area contributed by atoms with E-state index < -0.39 is 98.5 Å². The van der Waals surface area contributed by atoms with E-state index in [1.807, 2.05) is 30.3 Å². The van der Waals surface area contributed by atoms with Crippen molar-refractivity contribution in [3.63, 3.8) is 0 Å². The number of hydrogen-bond acceptors (Lipinski definition) is 12. The Balaban J connectivity index is 1.55. The number of benzene rings is 2. The first-order valence-corrected chi connectivity index (χ1v) is 19.7. The minimum atomic E-state index is -2.15. The molecule has 0 aromatic heterocycles. The highest BCUT2D eigenvalue weighted by atomic mass is 35.6. The van der Waals surface area contributed by atoms with Gasteiger partial charge >= 0.3 is 24.1 Å². The minimum Gasteiger partial charge on any atom is -0.455 e. The van der Waals surface area contributed by atoms with Crippen LogP contribution in [0.25, 0.3) is 6.08 Å². The molecule has 306 valence electrons. The molecular formula is C42H45Cl3O12. The van der Waals surface area contributed by atoms with Gasteiger partial charge in [0.25, 0.3) is 0 Å². The summed E-state index contributed by atoms with van der Waals surface area (Å²) < 4.78 is 33.7. The molecule has 0 radical (unpaired) electrons. The van der Waals surface area contributed by atoms with Gasteiger partial charge in [-0.2, -0.15) is 0 Å². The lowest BCUT2D eigenvalue weighted by Gasteiger charge is -2.67. The van der Waals surface area contributed by atoms with Crippen molar-refractivity contribution in [2.24, 2.45) is 22.7 Å². The average molecular weight is 848 g/mol. The first kappa shape index (κ1) is 42.7. The molecule has 2 saturated carbocycles. The van der Waals surface area contributed by atoms with Gasteiger partial charge in [0.05, 0.1) is 23.5 Å². The van der Waals surface area contributed by atoms with Crippen LogP contribution in [0.5, 0.6) is 0 Å². The molecule has 12 nitrogen and oxygen atoms in total. The predicted octanol–water partition coefficient (Wildman–Crippen LogP) is 7.15. The molecule has 9 atom stereocenters. The maximum absolute atomic E-state index is 15.5. The second-order valence-corrected chi connectivity index (χ2v) is 18.4. The van der Waals surface area contributed by atoms with Gasteiger partial charge in [0, 0.05) is 37.2 Å². The zero-order valence-corrected chi connectivity index (χ0v) is 34.6. The summed E-state index contributed by atoms with van der Waals surface area (Å²) in [5.74, 6) is -5.25. The van der Waals surface area contributed by atoms with E-state index in [2.05, 4.69) is 0 Å². The van der Waals surface area contributed by atoms with Crippen LogP contribution < -0.4 is 0 Å². The molecule has 57 heavy (non-hydrogen) atoms. The second kappa shape index (κ2) is 15.7. The zero-order chi connectivity index (χ0) is 41.7. The number of halogens is 3. The van der Waals surface area contributed by atoms with Crippen LogP contribution in [0.1, 0.15) is 70.3 Å². The Kier molecular flexibility index (Phi) is 11.7. The molecule has 1 saturated heterocycles. The van der Waals surface area contributed by atoms with Crippen LogP contribution in [0.2, 0.25) is 0 Å². The molecule has 2 bridgehead atoms. The lowest BCUT2D eigenvalue weighted by Crippen LogP contribution is -2.81. The van der Waals surface area contributed by atoms with E-state index >= 15 is 4.79 Å². The van der Waals surface area contributed by atoms with Crippen LogP contribution in [0, 0.1) is 22.7 Å². The van der Waals surface area contributed by atoms with Crippen LogP contribution in [-0.4, -0.2) is 87.6 Å². The predicted molar refractivity (Wildman–Crippen MR) is 208 cm³/mol. The van der Waals surface area contributed by atoms with Crippen molar-refractivity contribution in [1.82, 2.24) is 0 Å². The van der Waals surface area contributed by atoms with Gasteiger partial charge in [0.15, 0.2) is 5.60 Å². The Bertz CT molecular complexity index is 1980. The quantitative estimate of drug-likeness (QED) is 0.0941. The second-order valence-electron chi connectivity index (χ2n) is 15.9. The monoisotopic (exact) mass is 846 g/mol. The van der Waals surface area contributed by atoms with Gasteiger partial charge in [0.2, 0.25) is 3.79 Å². The SMILES string of the molecule is CC(=O)OC12COC1C[C@H](OC(=O)OCC(Cl)(Cl)Cl)[C@@]1(C)C(=O)C(C)C3=C(C)C(OC(=O)/C=C\c4ccccc4)C[C@@](O)([C@@H](OC(=O)c4ccccc4)[C@H]21)C3(C)C. The highest BCUT2D eigenvalue weighted by Gasteiger charge is 2.78. The molecule has 2 aromatic rings. The molecular weight excluding hydrogens is 803 g/mol. The molecule has 1 aliphatic heterocycles. The Morgan fingerprint density at radius 2 is 1.60 bits per heavy atom. The highest BCUT2D eigenvalue weighted by Crippen LogP contribution is 2.65. The normalized spacial score (nSPS) is 33.1. The third-order valence-corrected chi connectivity index (χ3v) is 12.6. The van der Waals surface area contributed by atoms with Crippen molar-refractivity contribution in [2.75, 3.05) is 13.2 Å². The summed E-state index contributed by atoms with van der Waals surface area (Å²) in [5, 5.41) is 13.6. The summed E-state index contributed by atoms with van der Waals surface area (Å²) >= 11 is 17.5. The number of ether oxygens (including phenoxy) is 6. The third kappa shape index (κ3) is 7.71. The number of Topliss-reactive ketones (excluding diaryl/α,β-unsaturated/α-hetero) is 1. The molecule has 0 spiro atoms. The molecule has 1 N–H and O–H groups in total. The Morgan fingerprint density at radius 3 is 2.18 bits per heavy atom. The first-order valence-electron chi connectivity index (χ1n) is 18.5. The highest BCUT2D eigenvalue weighted by molar-refractivity contribution is 6.67. The number of hydrogen-bond donors (Lipinski definition) is 1. The fourth-order valence-corrected chi connectivity index (χ4v) is 9.78. The third-order valence-electron chi connectivity index (χ3n) is 12.3. The molecule has 3 aliphatic carbocycles. The summed E-state index contributed by atoms with van der Waals surface area (Å²) in [4.78, 5) is 69.5. The largest absolute Gasteiger partial charge is 0.508 e. The fourth-order valence-electron chi connectivity index (χ4n) is 9.62. The van der Waals surface area contributed by atoms with E-state index in [0.29, 0.717) is 11.1 Å². The zero-order valence-electron chi connectivity index (χ0n) is 32.3. The Labute approximate surface area is 345 Å².